The third-order valence-corrected chi connectivity index (χ3v) is 4.12. The van der Waals surface area contributed by atoms with Gasteiger partial charge in [0.15, 0.2) is 0 Å². The Morgan fingerprint density at radius 3 is 2.89 bits per heavy atom. The molecule has 5 heteroatoms. The van der Waals surface area contributed by atoms with Crippen molar-refractivity contribution in [3.8, 4) is 0 Å². The van der Waals surface area contributed by atoms with E-state index < -0.39 is 0 Å². The molecule has 96 valence electrons. The van der Waals surface area contributed by atoms with Crippen LogP contribution in [-0.4, -0.2) is 12.5 Å². The van der Waals surface area contributed by atoms with E-state index in [1.165, 1.54) is 23.5 Å². The maximum Gasteiger partial charge on any atom is 0.262 e. The number of hydrogen-bond donors (Lipinski definition) is 1. The normalized spacial score (nSPS) is 11.2. The third-order valence-electron chi connectivity index (χ3n) is 2.47. The zero-order valence-electron chi connectivity index (χ0n) is 10.1. The van der Waals surface area contributed by atoms with Crippen LogP contribution in [0.4, 0.5) is 4.39 Å². The van der Waals surface area contributed by atoms with Crippen molar-refractivity contribution in [2.75, 3.05) is 6.54 Å². The van der Waals surface area contributed by atoms with E-state index in [2.05, 4.69) is 5.32 Å². The number of halogens is 2. The third kappa shape index (κ3) is 2.65. The van der Waals surface area contributed by atoms with Gasteiger partial charge in [-0.15, -0.1) is 11.3 Å². The summed E-state index contributed by atoms with van der Waals surface area (Å²) in [5.74, 6) is -0.149. The van der Waals surface area contributed by atoms with Gasteiger partial charge in [0.2, 0.25) is 0 Å². The first-order chi connectivity index (χ1) is 8.49. The maximum absolute atomic E-state index is 13.1. The van der Waals surface area contributed by atoms with Gasteiger partial charge in [0.05, 0.1) is 5.02 Å². The second-order valence-corrected chi connectivity index (χ2v) is 5.92. The Kier molecular flexibility index (Phi) is 3.88. The highest BCUT2D eigenvalue weighted by Gasteiger charge is 2.17. The number of benzene rings is 1. The molecule has 0 spiro atoms. The Balaban J connectivity index is 2.33. The molecule has 2 aromatic rings. The van der Waals surface area contributed by atoms with Gasteiger partial charge in [-0.3, -0.25) is 4.79 Å². The number of hydrogen-bond acceptors (Lipinski definition) is 2. The lowest BCUT2D eigenvalue weighted by Gasteiger charge is -2.06. The fourth-order valence-electron chi connectivity index (χ4n) is 1.56. The molecular weight excluding hydrogens is 273 g/mol. The molecule has 1 N–H and O–H groups in total. The van der Waals surface area contributed by atoms with Gasteiger partial charge in [0.1, 0.15) is 10.7 Å². The summed E-state index contributed by atoms with van der Waals surface area (Å²) in [4.78, 5) is 12.4. The van der Waals surface area contributed by atoms with Crippen molar-refractivity contribution in [2.45, 2.75) is 13.8 Å². The van der Waals surface area contributed by atoms with Crippen LogP contribution in [0.1, 0.15) is 23.5 Å². The molecule has 2 rings (SSSR count). The van der Waals surface area contributed by atoms with E-state index in [0.717, 1.165) is 5.39 Å². The highest BCUT2D eigenvalue weighted by atomic mass is 35.5. The van der Waals surface area contributed by atoms with Crippen molar-refractivity contribution in [1.82, 2.24) is 5.32 Å². The number of thiophene rings is 1. The van der Waals surface area contributed by atoms with Crippen LogP contribution in [0.5, 0.6) is 0 Å². The van der Waals surface area contributed by atoms with E-state index in [1.807, 2.05) is 13.8 Å². The monoisotopic (exact) mass is 285 g/mol. The molecule has 0 aliphatic heterocycles. The second kappa shape index (κ2) is 5.24. The van der Waals surface area contributed by atoms with Gasteiger partial charge in [-0.1, -0.05) is 25.4 Å². The smallest absolute Gasteiger partial charge is 0.262 e. The topological polar surface area (TPSA) is 29.1 Å². The molecule has 0 aliphatic carbocycles. The lowest BCUT2D eigenvalue weighted by atomic mass is 10.2. The minimum atomic E-state index is -0.324. The van der Waals surface area contributed by atoms with Crippen LogP contribution in [-0.2, 0) is 0 Å². The van der Waals surface area contributed by atoms with Crippen molar-refractivity contribution >= 4 is 38.9 Å². The van der Waals surface area contributed by atoms with Gasteiger partial charge >= 0.3 is 0 Å². The second-order valence-electron chi connectivity index (χ2n) is 4.49. The maximum atomic E-state index is 13.1. The molecule has 0 unspecified atom stereocenters. The molecule has 0 atom stereocenters. The number of carbonyl (C=O) groups is 1. The number of carbonyl (C=O) groups excluding carboxylic acids is 1. The van der Waals surface area contributed by atoms with Crippen molar-refractivity contribution in [3.63, 3.8) is 0 Å². The van der Waals surface area contributed by atoms with E-state index in [0.29, 0.717) is 27.1 Å². The van der Waals surface area contributed by atoms with Crippen LogP contribution >= 0.6 is 22.9 Å². The quantitative estimate of drug-likeness (QED) is 0.904. The molecule has 0 aliphatic rings. The standard InChI is InChI=1S/C13H13ClFNOS/c1-7(2)6-16-13(17)12-11(14)9-4-3-8(15)5-10(9)18-12/h3-5,7H,6H2,1-2H3,(H,16,17). The summed E-state index contributed by atoms with van der Waals surface area (Å²) in [5, 5.41) is 3.93. The predicted molar refractivity (Wildman–Crippen MR) is 74.0 cm³/mol. The molecule has 2 nitrogen and oxygen atoms in total. The zero-order valence-corrected chi connectivity index (χ0v) is 11.7. The minimum Gasteiger partial charge on any atom is -0.351 e. The van der Waals surface area contributed by atoms with Crippen LogP contribution in [0.2, 0.25) is 5.02 Å². The summed E-state index contributed by atoms with van der Waals surface area (Å²) in [7, 11) is 0. The number of rotatable bonds is 3. The summed E-state index contributed by atoms with van der Waals surface area (Å²) in [6.45, 7) is 4.63. The molecule has 0 saturated heterocycles. The van der Waals surface area contributed by atoms with Gasteiger partial charge in [-0.2, -0.15) is 0 Å². The Bertz CT molecular complexity index is 594. The van der Waals surface area contributed by atoms with Gasteiger partial charge in [-0.25, -0.2) is 4.39 Å². The predicted octanol–water partition coefficient (Wildman–Crippen LogP) is 4.08. The van der Waals surface area contributed by atoms with Crippen LogP contribution in [0.25, 0.3) is 10.1 Å². The molecule has 0 fully saturated rings. The average molecular weight is 286 g/mol. The van der Waals surface area contributed by atoms with Gasteiger partial charge in [0, 0.05) is 16.6 Å². The first-order valence-electron chi connectivity index (χ1n) is 5.64. The van der Waals surface area contributed by atoms with Crippen LogP contribution in [0, 0.1) is 11.7 Å². The largest absolute Gasteiger partial charge is 0.351 e. The van der Waals surface area contributed by atoms with E-state index in [9.17, 15) is 9.18 Å². The van der Waals surface area contributed by atoms with E-state index in [4.69, 9.17) is 11.6 Å². The summed E-state index contributed by atoms with van der Waals surface area (Å²) in [6.07, 6.45) is 0. The van der Waals surface area contributed by atoms with E-state index >= 15 is 0 Å². The minimum absolute atomic E-state index is 0.199. The molecular formula is C13H13ClFNOS. The average Bonchev–Trinajstić information content (AvgIpc) is 2.63. The highest BCUT2D eigenvalue weighted by molar-refractivity contribution is 7.21. The van der Waals surface area contributed by atoms with Gasteiger partial charge < -0.3 is 5.32 Å². The molecule has 0 saturated carbocycles. The summed E-state index contributed by atoms with van der Waals surface area (Å²) in [5.41, 5.74) is 0. The Morgan fingerprint density at radius 1 is 1.50 bits per heavy atom. The highest BCUT2D eigenvalue weighted by Crippen LogP contribution is 2.35. The first kappa shape index (κ1) is 13.3. The Morgan fingerprint density at radius 2 is 2.22 bits per heavy atom. The summed E-state index contributed by atoms with van der Waals surface area (Å²) < 4.78 is 13.8. The van der Waals surface area contributed by atoms with Crippen LogP contribution < -0.4 is 5.32 Å². The Labute approximate surface area is 114 Å². The van der Waals surface area contributed by atoms with Gasteiger partial charge in [-0.05, 0) is 24.1 Å². The fourth-order valence-corrected chi connectivity index (χ4v) is 3.02. The molecule has 0 bridgehead atoms. The Hall–Kier alpha value is -1.13. The van der Waals surface area contributed by atoms with Crippen LogP contribution in [0.3, 0.4) is 0 Å². The van der Waals surface area contributed by atoms with Gasteiger partial charge in [0.25, 0.3) is 5.91 Å². The zero-order chi connectivity index (χ0) is 13.3. The summed E-state index contributed by atoms with van der Waals surface area (Å²) in [6, 6.07) is 4.34. The van der Waals surface area contributed by atoms with E-state index in [-0.39, 0.29) is 11.7 Å². The van der Waals surface area contributed by atoms with Crippen molar-refractivity contribution in [2.24, 2.45) is 5.92 Å². The first-order valence-corrected chi connectivity index (χ1v) is 6.84. The lowest BCUT2D eigenvalue weighted by molar-refractivity contribution is 0.0953. The van der Waals surface area contributed by atoms with Crippen molar-refractivity contribution in [1.29, 1.82) is 0 Å². The molecule has 1 heterocycles. The molecule has 18 heavy (non-hydrogen) atoms. The molecule has 1 amide bonds. The molecule has 0 radical (unpaired) electrons. The fraction of sp³-hybridized carbons (Fsp3) is 0.308. The lowest BCUT2D eigenvalue weighted by Crippen LogP contribution is -2.26. The molecule has 1 aromatic carbocycles. The molecule has 1 aromatic heterocycles. The van der Waals surface area contributed by atoms with Crippen molar-refractivity contribution in [3.05, 3.63) is 33.9 Å². The van der Waals surface area contributed by atoms with E-state index in [1.54, 1.807) is 6.07 Å². The SMILES string of the molecule is CC(C)CNC(=O)c1sc2cc(F)ccc2c1Cl. The number of fused-ring (bicyclic) bond motifs is 1. The number of nitrogens with one attached hydrogen (secondary N) is 1. The van der Waals surface area contributed by atoms with Crippen molar-refractivity contribution < 1.29 is 9.18 Å². The van der Waals surface area contributed by atoms with Crippen LogP contribution in [0.15, 0.2) is 18.2 Å². The summed E-state index contributed by atoms with van der Waals surface area (Å²) >= 11 is 7.36. The number of amides is 1.